The Bertz CT molecular complexity index is 990. The average Bonchev–Trinajstić information content (AvgIpc) is 3.00. The second-order valence-electron chi connectivity index (χ2n) is 5.85. The minimum absolute atomic E-state index is 0.258. The maximum Gasteiger partial charge on any atom is 0.260 e. The van der Waals surface area contributed by atoms with Gasteiger partial charge < -0.3 is 14.5 Å². The number of halogens is 4. The van der Waals surface area contributed by atoms with Crippen LogP contribution >= 0.6 is 46.4 Å². The zero-order chi connectivity index (χ0) is 19.6. The zero-order valence-corrected chi connectivity index (χ0v) is 17.2. The molecule has 1 N–H and O–H groups in total. The molecule has 0 fully saturated rings. The number of hydrogen-bond donors (Lipinski definition) is 1. The zero-order valence-electron chi connectivity index (χ0n) is 14.2. The molecule has 0 aliphatic heterocycles. The summed E-state index contributed by atoms with van der Waals surface area (Å²) in [4.78, 5) is 16.7. The molecule has 142 valence electrons. The number of pyridine rings is 1. The number of carbonyl (C=O) groups is 1. The minimum Gasteiger partial charge on any atom is -0.479 e. The Hall–Kier alpha value is -1.66. The third-order valence-electron chi connectivity index (χ3n) is 3.77. The van der Waals surface area contributed by atoms with Crippen molar-refractivity contribution >= 4 is 58.0 Å². The highest BCUT2D eigenvalue weighted by atomic mass is 35.5. The summed E-state index contributed by atoms with van der Waals surface area (Å²) in [5.41, 5.74) is 1.41. The largest absolute Gasteiger partial charge is 0.479 e. The summed E-state index contributed by atoms with van der Waals surface area (Å²) >= 11 is 24.0. The summed E-state index contributed by atoms with van der Waals surface area (Å²) in [6.07, 6.45) is 3.38. The maximum atomic E-state index is 12.2. The van der Waals surface area contributed by atoms with Crippen LogP contribution in [0.2, 0.25) is 20.1 Å². The number of carbonyl (C=O) groups excluding carboxylic acids is 1. The molecule has 3 rings (SSSR count). The monoisotopic (exact) mass is 445 g/mol. The van der Waals surface area contributed by atoms with E-state index in [1.54, 1.807) is 41.8 Å². The van der Waals surface area contributed by atoms with Crippen LogP contribution < -0.4 is 10.1 Å². The predicted octanol–water partition coefficient (Wildman–Crippen LogP) is 5.07. The number of benzene rings is 1. The molecule has 1 unspecified atom stereocenters. The number of imidazole rings is 1. The lowest BCUT2D eigenvalue weighted by atomic mass is 10.3. The van der Waals surface area contributed by atoms with Crippen LogP contribution in [0.4, 0.5) is 0 Å². The van der Waals surface area contributed by atoms with Crippen molar-refractivity contribution in [2.45, 2.75) is 19.4 Å². The quantitative estimate of drug-likeness (QED) is 0.574. The van der Waals surface area contributed by atoms with Crippen molar-refractivity contribution in [2.75, 3.05) is 6.54 Å². The van der Waals surface area contributed by atoms with Crippen LogP contribution in [0.5, 0.6) is 5.75 Å². The van der Waals surface area contributed by atoms with Gasteiger partial charge in [0.15, 0.2) is 11.8 Å². The fourth-order valence-electron chi connectivity index (χ4n) is 2.47. The molecule has 1 atom stereocenters. The van der Waals surface area contributed by atoms with Crippen LogP contribution in [0, 0.1) is 0 Å². The molecule has 2 aromatic heterocycles. The Morgan fingerprint density at radius 1 is 1.15 bits per heavy atom. The third kappa shape index (κ3) is 4.99. The molecule has 0 bridgehead atoms. The molecule has 0 aliphatic carbocycles. The lowest BCUT2D eigenvalue weighted by molar-refractivity contribution is -0.127. The summed E-state index contributed by atoms with van der Waals surface area (Å²) in [7, 11) is 0. The second kappa shape index (κ2) is 8.57. The topological polar surface area (TPSA) is 55.6 Å². The van der Waals surface area contributed by atoms with Gasteiger partial charge in [-0.3, -0.25) is 4.79 Å². The first-order valence-electron chi connectivity index (χ1n) is 8.05. The van der Waals surface area contributed by atoms with Gasteiger partial charge in [-0.15, -0.1) is 0 Å². The van der Waals surface area contributed by atoms with E-state index in [1.807, 2.05) is 6.20 Å². The van der Waals surface area contributed by atoms with Crippen molar-refractivity contribution in [1.29, 1.82) is 0 Å². The second-order valence-corrected chi connectivity index (χ2v) is 7.53. The molecular weight excluding hydrogens is 432 g/mol. The number of fused-ring (bicyclic) bond motifs is 1. The molecule has 0 aliphatic rings. The van der Waals surface area contributed by atoms with Crippen LogP contribution in [-0.4, -0.2) is 27.9 Å². The average molecular weight is 447 g/mol. The Labute approximate surface area is 176 Å². The first-order valence-corrected chi connectivity index (χ1v) is 9.56. The van der Waals surface area contributed by atoms with Crippen LogP contribution in [-0.2, 0) is 11.2 Å². The van der Waals surface area contributed by atoms with Crippen molar-refractivity contribution in [2.24, 2.45) is 0 Å². The van der Waals surface area contributed by atoms with Gasteiger partial charge in [0.2, 0.25) is 0 Å². The van der Waals surface area contributed by atoms with Gasteiger partial charge in [-0.2, -0.15) is 0 Å². The Kier molecular flexibility index (Phi) is 6.37. The van der Waals surface area contributed by atoms with Gasteiger partial charge in [0.25, 0.3) is 5.91 Å². The summed E-state index contributed by atoms with van der Waals surface area (Å²) in [6.45, 7) is 2.04. The number of rotatable bonds is 6. The van der Waals surface area contributed by atoms with Gasteiger partial charge in [0.1, 0.15) is 5.75 Å². The summed E-state index contributed by atoms with van der Waals surface area (Å²) < 4.78 is 7.35. The number of ether oxygens (including phenoxy) is 1. The lowest BCUT2D eigenvalue weighted by Gasteiger charge is -2.15. The van der Waals surface area contributed by atoms with Crippen LogP contribution in [0.3, 0.4) is 0 Å². The molecule has 1 amide bonds. The van der Waals surface area contributed by atoms with Gasteiger partial charge in [-0.1, -0.05) is 46.4 Å². The van der Waals surface area contributed by atoms with Gasteiger partial charge in [0, 0.05) is 30.4 Å². The Morgan fingerprint density at radius 3 is 2.63 bits per heavy atom. The molecule has 3 aromatic rings. The van der Waals surface area contributed by atoms with Crippen LogP contribution in [0.25, 0.3) is 5.65 Å². The molecule has 2 heterocycles. The normalized spacial score (nSPS) is 12.2. The molecule has 9 heteroatoms. The standard InChI is InChI=1S/C18H15Cl4N3O2/c1-10(27-16-3-2-11(19)6-14(16)21)18(26)23-5-4-13-9-25-8-12(20)7-15(22)17(25)24-13/h2-3,6-10H,4-5H2,1H3,(H,23,26). The maximum absolute atomic E-state index is 12.2. The summed E-state index contributed by atoms with van der Waals surface area (Å²) in [5, 5.41) is 4.66. The van der Waals surface area contributed by atoms with Gasteiger partial charge in [-0.05, 0) is 31.2 Å². The number of nitrogens with one attached hydrogen (secondary N) is 1. The van der Waals surface area contributed by atoms with E-state index in [2.05, 4.69) is 10.3 Å². The predicted molar refractivity (Wildman–Crippen MR) is 108 cm³/mol. The molecule has 0 spiro atoms. The first kappa shape index (κ1) is 20.1. The molecule has 0 radical (unpaired) electrons. The molecule has 1 aromatic carbocycles. The first-order chi connectivity index (χ1) is 12.8. The molecule has 27 heavy (non-hydrogen) atoms. The highest BCUT2D eigenvalue weighted by Gasteiger charge is 2.16. The van der Waals surface area contributed by atoms with Gasteiger partial charge in [-0.25, -0.2) is 4.98 Å². The molecule has 5 nitrogen and oxygen atoms in total. The SMILES string of the molecule is CC(Oc1ccc(Cl)cc1Cl)C(=O)NCCc1cn2cc(Cl)cc(Cl)c2n1. The molecule has 0 saturated heterocycles. The van der Waals surface area contributed by atoms with Gasteiger partial charge in [0.05, 0.1) is 20.8 Å². The molecular formula is C18H15Cl4N3O2. The number of nitrogens with zero attached hydrogens (tertiary/aromatic N) is 2. The van der Waals surface area contributed by atoms with E-state index in [-0.39, 0.29) is 5.91 Å². The third-order valence-corrected chi connectivity index (χ3v) is 4.79. The number of hydrogen-bond acceptors (Lipinski definition) is 3. The van der Waals surface area contributed by atoms with E-state index in [4.69, 9.17) is 51.1 Å². The van der Waals surface area contributed by atoms with Crippen molar-refractivity contribution in [3.05, 3.63) is 62.4 Å². The Balaban J connectivity index is 1.55. The van der Waals surface area contributed by atoms with Crippen molar-refractivity contribution < 1.29 is 9.53 Å². The van der Waals surface area contributed by atoms with E-state index >= 15 is 0 Å². The highest BCUT2D eigenvalue weighted by molar-refractivity contribution is 6.36. The van der Waals surface area contributed by atoms with E-state index in [1.165, 1.54) is 0 Å². The van der Waals surface area contributed by atoms with Crippen LogP contribution in [0.15, 0.2) is 36.7 Å². The van der Waals surface area contributed by atoms with E-state index in [9.17, 15) is 4.79 Å². The Morgan fingerprint density at radius 2 is 1.89 bits per heavy atom. The minimum atomic E-state index is -0.710. The number of aromatic nitrogens is 2. The fourth-order valence-corrected chi connectivity index (χ4v) is 3.45. The van der Waals surface area contributed by atoms with Crippen molar-refractivity contribution in [3.8, 4) is 5.75 Å². The summed E-state index contributed by atoms with van der Waals surface area (Å²) in [6, 6.07) is 6.47. The lowest BCUT2D eigenvalue weighted by Crippen LogP contribution is -2.37. The summed E-state index contributed by atoms with van der Waals surface area (Å²) in [5.74, 6) is 0.140. The molecule has 0 saturated carbocycles. The van der Waals surface area contributed by atoms with Crippen molar-refractivity contribution in [3.63, 3.8) is 0 Å². The van der Waals surface area contributed by atoms with E-state index in [0.29, 0.717) is 44.5 Å². The van der Waals surface area contributed by atoms with Crippen molar-refractivity contribution in [1.82, 2.24) is 14.7 Å². The van der Waals surface area contributed by atoms with E-state index in [0.717, 1.165) is 5.69 Å². The highest BCUT2D eigenvalue weighted by Crippen LogP contribution is 2.28. The van der Waals surface area contributed by atoms with E-state index < -0.39 is 6.10 Å². The fraction of sp³-hybridized carbons (Fsp3) is 0.222. The smallest absolute Gasteiger partial charge is 0.260 e. The van der Waals surface area contributed by atoms with Crippen LogP contribution in [0.1, 0.15) is 12.6 Å². The van der Waals surface area contributed by atoms with Gasteiger partial charge >= 0.3 is 0 Å². The number of amides is 1.